The van der Waals surface area contributed by atoms with Gasteiger partial charge in [0.1, 0.15) is 16.8 Å². The van der Waals surface area contributed by atoms with Gasteiger partial charge in [-0.1, -0.05) is 23.5 Å². The summed E-state index contributed by atoms with van der Waals surface area (Å²) in [5, 5.41) is 11.5. The van der Waals surface area contributed by atoms with Crippen LogP contribution >= 0.6 is 11.3 Å². The van der Waals surface area contributed by atoms with Crippen LogP contribution in [0.1, 0.15) is 23.4 Å². The van der Waals surface area contributed by atoms with Gasteiger partial charge in [-0.25, -0.2) is 0 Å². The van der Waals surface area contributed by atoms with Gasteiger partial charge in [-0.2, -0.15) is 8.78 Å². The average molecular weight is 382 g/mol. The van der Waals surface area contributed by atoms with Crippen molar-refractivity contribution in [2.24, 2.45) is 0 Å². The minimum absolute atomic E-state index is 0.0393. The molecule has 1 saturated heterocycles. The molecule has 0 bridgehead atoms. The second kappa shape index (κ2) is 7.73. The van der Waals surface area contributed by atoms with E-state index in [1.807, 2.05) is 0 Å². The molecular formula is C16H16F2N4O3S. The number of rotatable bonds is 6. The highest BCUT2D eigenvalue weighted by molar-refractivity contribution is 7.15. The van der Waals surface area contributed by atoms with E-state index in [4.69, 9.17) is 0 Å². The average Bonchev–Trinajstić information content (AvgIpc) is 3.15. The molecule has 1 aliphatic rings. The molecule has 2 heterocycles. The Morgan fingerprint density at radius 3 is 2.73 bits per heavy atom. The molecule has 1 aromatic carbocycles. The fourth-order valence-corrected chi connectivity index (χ4v) is 3.31. The van der Waals surface area contributed by atoms with Crippen LogP contribution in [0.25, 0.3) is 0 Å². The topological polar surface area (TPSA) is 84.4 Å². The Balaban J connectivity index is 1.66. The summed E-state index contributed by atoms with van der Waals surface area (Å²) in [7, 11) is 0. The summed E-state index contributed by atoms with van der Waals surface area (Å²) in [5.74, 6) is -0.409. The van der Waals surface area contributed by atoms with Crippen LogP contribution in [0.15, 0.2) is 24.3 Å². The number of hydrogen-bond donors (Lipinski definition) is 1. The first kappa shape index (κ1) is 18.2. The van der Waals surface area contributed by atoms with Crippen LogP contribution in [0.5, 0.6) is 5.75 Å². The van der Waals surface area contributed by atoms with Gasteiger partial charge < -0.3 is 9.64 Å². The molecule has 0 unspecified atom stereocenters. The second-order valence-corrected chi connectivity index (χ2v) is 6.90. The summed E-state index contributed by atoms with van der Waals surface area (Å²) in [6.45, 7) is -0.903. The highest BCUT2D eigenvalue weighted by Gasteiger charge is 2.36. The number of aryl methyl sites for hydroxylation is 1. The quantitative estimate of drug-likeness (QED) is 0.830. The van der Waals surface area contributed by atoms with Gasteiger partial charge in [-0.15, -0.1) is 10.2 Å². The maximum atomic E-state index is 12.5. The number of anilines is 1. The predicted molar refractivity (Wildman–Crippen MR) is 89.9 cm³/mol. The lowest BCUT2D eigenvalue weighted by atomic mass is 10.1. The Labute approximate surface area is 152 Å². The van der Waals surface area contributed by atoms with Gasteiger partial charge in [-0.05, 0) is 31.0 Å². The first-order chi connectivity index (χ1) is 12.4. The number of likely N-dealkylation sites (tertiary alicyclic amines) is 1. The maximum Gasteiger partial charge on any atom is 0.387 e. The molecule has 1 aliphatic heterocycles. The van der Waals surface area contributed by atoms with E-state index < -0.39 is 12.7 Å². The first-order valence-electron chi connectivity index (χ1n) is 7.86. The Kier molecular flexibility index (Phi) is 5.40. The number of carbonyl (C=O) groups is 2. The molecule has 2 amide bonds. The maximum absolute atomic E-state index is 12.5. The fraction of sp³-hybridized carbons (Fsp3) is 0.375. The second-order valence-electron chi connectivity index (χ2n) is 5.71. The molecule has 1 N–H and O–H groups in total. The van der Waals surface area contributed by atoms with Crippen molar-refractivity contribution >= 4 is 28.3 Å². The summed E-state index contributed by atoms with van der Waals surface area (Å²) >= 11 is 1.25. The van der Waals surface area contributed by atoms with Crippen molar-refractivity contribution in [1.82, 2.24) is 15.1 Å². The van der Waals surface area contributed by atoms with E-state index in [2.05, 4.69) is 20.3 Å². The molecular weight excluding hydrogens is 366 g/mol. The standard InChI is InChI=1S/C16H16F2N4O3S/c1-9-20-21-16(26-9)19-14(24)12-6-7-13(23)22(12)8-10-2-4-11(5-3-10)25-15(17)18/h2-5,12,15H,6-8H2,1H3,(H,19,21,24)/t12-/m0/s1. The van der Waals surface area contributed by atoms with Crippen LogP contribution in [0, 0.1) is 6.92 Å². The number of amides is 2. The van der Waals surface area contributed by atoms with E-state index in [1.54, 1.807) is 19.1 Å². The van der Waals surface area contributed by atoms with Crippen molar-refractivity contribution in [2.45, 2.75) is 39.0 Å². The number of hydrogen-bond acceptors (Lipinski definition) is 6. The number of ether oxygens (including phenoxy) is 1. The summed E-state index contributed by atoms with van der Waals surface area (Å²) in [6.07, 6.45) is 0.689. The lowest BCUT2D eigenvalue weighted by molar-refractivity contribution is -0.133. The summed E-state index contributed by atoms with van der Waals surface area (Å²) in [5.41, 5.74) is 0.714. The van der Waals surface area contributed by atoms with Gasteiger partial charge in [0, 0.05) is 13.0 Å². The van der Waals surface area contributed by atoms with Crippen LogP contribution in [0.2, 0.25) is 0 Å². The lowest BCUT2D eigenvalue weighted by Gasteiger charge is -2.23. The number of carbonyl (C=O) groups excluding carboxylic acids is 2. The molecule has 0 aliphatic carbocycles. The zero-order valence-corrected chi connectivity index (χ0v) is 14.6. The van der Waals surface area contributed by atoms with E-state index >= 15 is 0 Å². The Hall–Kier alpha value is -2.62. The summed E-state index contributed by atoms with van der Waals surface area (Å²) in [4.78, 5) is 26.1. The van der Waals surface area contributed by atoms with E-state index in [0.29, 0.717) is 17.1 Å². The third-order valence-electron chi connectivity index (χ3n) is 3.89. The van der Waals surface area contributed by atoms with Crippen LogP contribution in [-0.2, 0) is 16.1 Å². The van der Waals surface area contributed by atoms with Gasteiger partial charge in [0.05, 0.1) is 0 Å². The van der Waals surface area contributed by atoms with Crippen LogP contribution in [0.3, 0.4) is 0 Å². The fourth-order valence-electron chi connectivity index (χ4n) is 2.71. The predicted octanol–water partition coefficient (Wildman–Crippen LogP) is 2.58. The Morgan fingerprint density at radius 1 is 1.38 bits per heavy atom. The van der Waals surface area contributed by atoms with Crippen molar-refractivity contribution in [1.29, 1.82) is 0 Å². The molecule has 1 atom stereocenters. The Morgan fingerprint density at radius 2 is 2.12 bits per heavy atom. The number of nitrogens with zero attached hydrogens (tertiary/aromatic N) is 3. The molecule has 1 aromatic heterocycles. The van der Waals surface area contributed by atoms with E-state index in [1.165, 1.54) is 28.4 Å². The normalized spacial score (nSPS) is 17.0. The Bertz CT molecular complexity index is 797. The molecule has 7 nitrogen and oxygen atoms in total. The SMILES string of the molecule is Cc1nnc(NC(=O)[C@@H]2CCC(=O)N2Cc2ccc(OC(F)F)cc2)s1. The minimum Gasteiger partial charge on any atom is -0.435 e. The van der Waals surface area contributed by atoms with Crippen molar-refractivity contribution < 1.29 is 23.1 Å². The summed E-state index contributed by atoms with van der Waals surface area (Å²) in [6, 6.07) is 5.38. The van der Waals surface area contributed by atoms with Crippen molar-refractivity contribution in [3.8, 4) is 5.75 Å². The van der Waals surface area contributed by atoms with Gasteiger partial charge in [-0.3, -0.25) is 14.9 Å². The van der Waals surface area contributed by atoms with E-state index in [-0.39, 0.29) is 30.5 Å². The number of benzene rings is 1. The van der Waals surface area contributed by atoms with Crippen LogP contribution in [-0.4, -0.2) is 39.6 Å². The molecule has 1 fully saturated rings. The molecule has 2 aromatic rings. The largest absolute Gasteiger partial charge is 0.435 e. The molecule has 0 spiro atoms. The zero-order valence-electron chi connectivity index (χ0n) is 13.8. The lowest BCUT2D eigenvalue weighted by Crippen LogP contribution is -2.41. The first-order valence-corrected chi connectivity index (χ1v) is 8.68. The number of halogens is 2. The molecule has 0 saturated carbocycles. The monoisotopic (exact) mass is 382 g/mol. The third-order valence-corrected chi connectivity index (χ3v) is 4.64. The molecule has 26 heavy (non-hydrogen) atoms. The highest BCUT2D eigenvalue weighted by atomic mass is 32.1. The highest BCUT2D eigenvalue weighted by Crippen LogP contribution is 2.24. The number of nitrogens with one attached hydrogen (secondary N) is 1. The van der Waals surface area contributed by atoms with Crippen molar-refractivity contribution in [2.75, 3.05) is 5.32 Å². The van der Waals surface area contributed by atoms with Gasteiger partial charge in [0.25, 0.3) is 0 Å². The summed E-state index contributed by atoms with van der Waals surface area (Å²) < 4.78 is 28.7. The molecule has 138 valence electrons. The zero-order chi connectivity index (χ0) is 18.7. The van der Waals surface area contributed by atoms with Gasteiger partial charge in [0.15, 0.2) is 0 Å². The molecule has 10 heteroatoms. The number of aromatic nitrogens is 2. The smallest absolute Gasteiger partial charge is 0.387 e. The van der Waals surface area contributed by atoms with Crippen LogP contribution < -0.4 is 10.1 Å². The van der Waals surface area contributed by atoms with Crippen LogP contribution in [0.4, 0.5) is 13.9 Å². The van der Waals surface area contributed by atoms with Crippen molar-refractivity contribution in [3.63, 3.8) is 0 Å². The third kappa shape index (κ3) is 4.31. The number of alkyl halides is 2. The molecule has 3 rings (SSSR count). The van der Waals surface area contributed by atoms with E-state index in [0.717, 1.165) is 5.01 Å². The van der Waals surface area contributed by atoms with Gasteiger partial charge in [0.2, 0.25) is 16.9 Å². The van der Waals surface area contributed by atoms with Gasteiger partial charge >= 0.3 is 6.61 Å². The van der Waals surface area contributed by atoms with E-state index in [9.17, 15) is 18.4 Å². The minimum atomic E-state index is -2.89. The van der Waals surface area contributed by atoms with Crippen molar-refractivity contribution in [3.05, 3.63) is 34.8 Å². The molecule has 0 radical (unpaired) electrons.